The fraction of sp³-hybridized carbons (Fsp3) is 0.310. The molecule has 0 fully saturated rings. The highest BCUT2D eigenvalue weighted by Gasteiger charge is 2.27. The van der Waals surface area contributed by atoms with Crippen LogP contribution in [0.3, 0.4) is 0 Å². The molecule has 3 aromatic heterocycles. The average molecular weight is 529 g/mol. The van der Waals surface area contributed by atoms with Crippen molar-refractivity contribution in [1.29, 1.82) is 0 Å². The first kappa shape index (κ1) is 26.2. The smallest absolute Gasteiger partial charge is 0.252 e. The molecule has 0 aliphatic carbocycles. The maximum absolute atomic E-state index is 13.2. The number of rotatable bonds is 12. The number of methoxy groups -OCH3 is 2. The monoisotopic (exact) mass is 528 g/mol. The van der Waals surface area contributed by atoms with E-state index in [0.717, 1.165) is 52.4 Å². The maximum atomic E-state index is 13.2. The van der Waals surface area contributed by atoms with Crippen LogP contribution in [0, 0.1) is 0 Å². The van der Waals surface area contributed by atoms with E-state index in [9.17, 15) is 4.79 Å². The standard InChI is InChI=1S/C29H32N6O4/c1-4-6-27(28-31-32-33-35(28)19-25-7-5-14-39-25)34(17-20-8-10-23(37-2)11-9-20)18-22-15-21-16-24(38-3)12-13-26(21)30-29(22)36/h5,7-16,27H,4,6,17-19H2,1-3H3,(H,30,36). The third-order valence-corrected chi connectivity index (χ3v) is 6.79. The predicted octanol–water partition coefficient (Wildman–Crippen LogP) is 4.72. The van der Waals surface area contributed by atoms with Gasteiger partial charge in [0.05, 0.1) is 26.5 Å². The normalized spacial score (nSPS) is 12.2. The topological polar surface area (TPSA) is 111 Å². The fourth-order valence-corrected chi connectivity index (χ4v) is 4.80. The summed E-state index contributed by atoms with van der Waals surface area (Å²) >= 11 is 0. The van der Waals surface area contributed by atoms with Crippen molar-refractivity contribution < 1.29 is 13.9 Å². The number of aromatic nitrogens is 5. The molecule has 0 spiro atoms. The van der Waals surface area contributed by atoms with Crippen molar-refractivity contribution in [3.05, 3.63) is 100.0 Å². The number of aromatic amines is 1. The Morgan fingerprint density at radius 1 is 1.03 bits per heavy atom. The van der Waals surface area contributed by atoms with Crippen molar-refractivity contribution in [2.24, 2.45) is 0 Å². The van der Waals surface area contributed by atoms with Crippen LogP contribution in [0.15, 0.2) is 76.1 Å². The molecule has 0 aliphatic heterocycles. The Bertz CT molecular complexity index is 1560. The van der Waals surface area contributed by atoms with E-state index in [-0.39, 0.29) is 11.6 Å². The van der Waals surface area contributed by atoms with Crippen molar-refractivity contribution in [1.82, 2.24) is 30.1 Å². The van der Waals surface area contributed by atoms with Crippen molar-refractivity contribution in [2.45, 2.75) is 45.4 Å². The van der Waals surface area contributed by atoms with Gasteiger partial charge in [0, 0.05) is 29.6 Å². The minimum Gasteiger partial charge on any atom is -0.497 e. The van der Waals surface area contributed by atoms with Gasteiger partial charge >= 0.3 is 0 Å². The Morgan fingerprint density at radius 2 is 1.82 bits per heavy atom. The molecule has 1 atom stereocenters. The van der Waals surface area contributed by atoms with Crippen molar-refractivity contribution in [3.63, 3.8) is 0 Å². The largest absolute Gasteiger partial charge is 0.497 e. The molecule has 1 N–H and O–H groups in total. The zero-order chi connectivity index (χ0) is 27.2. The number of ether oxygens (including phenoxy) is 2. The second kappa shape index (κ2) is 12.0. The lowest BCUT2D eigenvalue weighted by molar-refractivity contribution is 0.155. The van der Waals surface area contributed by atoms with Crippen molar-refractivity contribution in [3.8, 4) is 11.5 Å². The Kier molecular flexibility index (Phi) is 8.02. The molecule has 0 amide bonds. The predicted molar refractivity (Wildman–Crippen MR) is 147 cm³/mol. The second-order valence-electron chi connectivity index (χ2n) is 9.41. The van der Waals surface area contributed by atoms with Gasteiger partial charge < -0.3 is 18.9 Å². The highest BCUT2D eigenvalue weighted by molar-refractivity contribution is 5.80. The minimum absolute atomic E-state index is 0.127. The minimum atomic E-state index is -0.150. The highest BCUT2D eigenvalue weighted by atomic mass is 16.5. The third kappa shape index (κ3) is 6.01. The number of nitrogens with one attached hydrogen (secondary N) is 1. The van der Waals surface area contributed by atoms with Gasteiger partial charge in [-0.3, -0.25) is 9.69 Å². The van der Waals surface area contributed by atoms with Crippen LogP contribution in [0.5, 0.6) is 11.5 Å². The van der Waals surface area contributed by atoms with Crippen molar-refractivity contribution >= 4 is 10.9 Å². The molecule has 1 unspecified atom stereocenters. The molecule has 10 nitrogen and oxygen atoms in total. The number of nitrogens with zero attached hydrogens (tertiary/aromatic N) is 5. The van der Waals surface area contributed by atoms with Crippen LogP contribution >= 0.6 is 0 Å². The van der Waals surface area contributed by atoms with E-state index in [2.05, 4.69) is 32.3 Å². The quantitative estimate of drug-likeness (QED) is 0.248. The van der Waals surface area contributed by atoms with Gasteiger partial charge in [0.25, 0.3) is 5.56 Å². The van der Waals surface area contributed by atoms with Crippen LogP contribution < -0.4 is 15.0 Å². The molecule has 0 saturated carbocycles. The second-order valence-corrected chi connectivity index (χ2v) is 9.41. The summed E-state index contributed by atoms with van der Waals surface area (Å²) in [5.41, 5.74) is 2.37. The summed E-state index contributed by atoms with van der Waals surface area (Å²) in [6.07, 6.45) is 3.34. The Morgan fingerprint density at radius 3 is 2.54 bits per heavy atom. The SMILES string of the molecule is CCCC(c1nnnn1Cc1ccco1)N(Cc1ccc(OC)cc1)Cc1cc2cc(OC)ccc2[nH]c1=O. The molecule has 0 aliphatic rings. The molecule has 5 aromatic rings. The average Bonchev–Trinajstić information content (AvgIpc) is 3.64. The van der Waals surface area contributed by atoms with Crippen LogP contribution in [0.2, 0.25) is 0 Å². The number of hydrogen-bond acceptors (Lipinski definition) is 8. The lowest BCUT2D eigenvalue weighted by atomic mass is 10.1. The first-order chi connectivity index (χ1) is 19.1. The molecular formula is C29H32N6O4. The van der Waals surface area contributed by atoms with Crippen molar-refractivity contribution in [2.75, 3.05) is 14.2 Å². The van der Waals surface area contributed by atoms with E-state index in [0.29, 0.717) is 25.2 Å². The lowest BCUT2D eigenvalue weighted by Crippen LogP contribution is -2.32. The number of furan rings is 1. The van der Waals surface area contributed by atoms with Crippen LogP contribution in [-0.2, 0) is 19.6 Å². The number of hydrogen-bond donors (Lipinski definition) is 1. The number of H-pyrrole nitrogens is 1. The summed E-state index contributed by atoms with van der Waals surface area (Å²) in [4.78, 5) is 18.5. The van der Waals surface area contributed by atoms with E-state index >= 15 is 0 Å². The van der Waals surface area contributed by atoms with Gasteiger partial charge in [-0.25, -0.2) is 4.68 Å². The van der Waals surface area contributed by atoms with E-state index in [1.807, 2.05) is 60.7 Å². The Labute approximate surface area is 226 Å². The van der Waals surface area contributed by atoms with E-state index in [1.54, 1.807) is 25.2 Å². The third-order valence-electron chi connectivity index (χ3n) is 6.79. The van der Waals surface area contributed by atoms with Gasteiger partial charge in [0.1, 0.15) is 23.8 Å². The fourth-order valence-electron chi connectivity index (χ4n) is 4.80. The van der Waals surface area contributed by atoms with Gasteiger partial charge in [-0.05, 0) is 70.9 Å². The summed E-state index contributed by atoms with van der Waals surface area (Å²) < 4.78 is 18.1. The summed E-state index contributed by atoms with van der Waals surface area (Å²) in [5.74, 6) is 3.01. The summed E-state index contributed by atoms with van der Waals surface area (Å²) in [5, 5.41) is 13.6. The van der Waals surface area contributed by atoms with Gasteiger partial charge in [-0.1, -0.05) is 25.5 Å². The molecule has 2 aromatic carbocycles. The van der Waals surface area contributed by atoms with Gasteiger partial charge in [0.15, 0.2) is 5.82 Å². The van der Waals surface area contributed by atoms with Gasteiger partial charge in [-0.15, -0.1) is 5.10 Å². The van der Waals surface area contributed by atoms with Crippen LogP contribution in [0.25, 0.3) is 10.9 Å². The van der Waals surface area contributed by atoms with E-state index < -0.39 is 0 Å². The van der Waals surface area contributed by atoms with E-state index in [1.165, 1.54) is 0 Å². The number of pyridine rings is 1. The summed E-state index contributed by atoms with van der Waals surface area (Å²) in [7, 11) is 3.28. The number of fused-ring (bicyclic) bond motifs is 1. The zero-order valence-corrected chi connectivity index (χ0v) is 22.3. The summed E-state index contributed by atoms with van der Waals surface area (Å²) in [6, 6.07) is 19.1. The molecule has 39 heavy (non-hydrogen) atoms. The first-order valence-corrected chi connectivity index (χ1v) is 12.9. The van der Waals surface area contributed by atoms with Crippen LogP contribution in [0.4, 0.5) is 0 Å². The van der Waals surface area contributed by atoms with Crippen LogP contribution in [-0.4, -0.2) is 44.3 Å². The lowest BCUT2D eigenvalue weighted by Gasteiger charge is -2.31. The molecule has 0 radical (unpaired) electrons. The number of tetrazole rings is 1. The summed E-state index contributed by atoms with van der Waals surface area (Å²) in [6.45, 7) is 3.53. The Hall–Kier alpha value is -4.44. The maximum Gasteiger partial charge on any atom is 0.252 e. The first-order valence-electron chi connectivity index (χ1n) is 12.9. The highest BCUT2D eigenvalue weighted by Crippen LogP contribution is 2.29. The van der Waals surface area contributed by atoms with Crippen LogP contribution in [0.1, 0.15) is 48.5 Å². The molecule has 0 saturated heterocycles. The molecule has 5 rings (SSSR count). The molecule has 0 bridgehead atoms. The molecular weight excluding hydrogens is 496 g/mol. The number of benzene rings is 2. The van der Waals surface area contributed by atoms with Gasteiger partial charge in [0.2, 0.25) is 0 Å². The van der Waals surface area contributed by atoms with E-state index in [4.69, 9.17) is 13.9 Å². The Balaban J connectivity index is 1.54. The molecule has 10 heteroatoms. The zero-order valence-electron chi connectivity index (χ0n) is 22.3. The van der Waals surface area contributed by atoms with Gasteiger partial charge in [-0.2, -0.15) is 0 Å². The molecule has 3 heterocycles. The molecule has 202 valence electrons.